The molecule has 0 fully saturated rings. The number of aromatic carboxylic acids is 1. The van der Waals surface area contributed by atoms with Gasteiger partial charge in [-0.15, -0.1) is 0 Å². The fraction of sp³-hybridized carbons (Fsp3) is 0.200. The van der Waals surface area contributed by atoms with Crippen LogP contribution >= 0.6 is 0 Å². The predicted octanol–water partition coefficient (Wildman–Crippen LogP) is 1.11. The lowest BCUT2D eigenvalue weighted by atomic mass is 10.4. The van der Waals surface area contributed by atoms with E-state index in [1.165, 1.54) is 6.07 Å². The maximum Gasteiger partial charge on any atom is 0.371 e. The molecule has 16 heavy (non-hydrogen) atoms. The highest BCUT2D eigenvalue weighted by molar-refractivity contribution is 5.84. The molecular formula is C10H11N3O3. The van der Waals surface area contributed by atoms with Crippen molar-refractivity contribution < 1.29 is 14.3 Å². The Morgan fingerprint density at radius 2 is 2.38 bits per heavy atom. The molecule has 0 saturated carbocycles. The highest BCUT2D eigenvalue weighted by atomic mass is 16.4. The first-order valence-corrected chi connectivity index (χ1v) is 4.68. The normalized spacial score (nSPS) is 10.6. The van der Waals surface area contributed by atoms with Crippen LogP contribution in [0.2, 0.25) is 0 Å². The van der Waals surface area contributed by atoms with Crippen molar-refractivity contribution in [3.8, 4) is 0 Å². The lowest BCUT2D eigenvalue weighted by Gasteiger charge is -1.96. The van der Waals surface area contributed by atoms with Gasteiger partial charge in [0.05, 0.1) is 6.54 Å². The Bertz CT molecular complexity index is 508. The van der Waals surface area contributed by atoms with Crippen LogP contribution < -0.4 is 5.73 Å². The van der Waals surface area contributed by atoms with Gasteiger partial charge < -0.3 is 15.3 Å². The first-order valence-electron chi connectivity index (χ1n) is 4.68. The predicted molar refractivity (Wildman–Crippen MR) is 56.1 cm³/mol. The van der Waals surface area contributed by atoms with E-state index in [0.29, 0.717) is 18.1 Å². The van der Waals surface area contributed by atoms with E-state index >= 15 is 0 Å². The molecule has 0 spiro atoms. The smallest absolute Gasteiger partial charge is 0.371 e. The van der Waals surface area contributed by atoms with Gasteiger partial charge in [-0.2, -0.15) is 5.10 Å². The van der Waals surface area contributed by atoms with Gasteiger partial charge in [0.25, 0.3) is 0 Å². The summed E-state index contributed by atoms with van der Waals surface area (Å²) in [7, 11) is 0. The van der Waals surface area contributed by atoms with E-state index in [1.807, 2.05) is 6.92 Å². The van der Waals surface area contributed by atoms with Gasteiger partial charge in [-0.05, 0) is 19.1 Å². The number of aromatic nitrogens is 2. The van der Waals surface area contributed by atoms with Gasteiger partial charge in [0.15, 0.2) is 0 Å². The molecule has 0 unspecified atom stereocenters. The molecule has 2 heterocycles. The molecule has 0 aliphatic carbocycles. The molecule has 0 saturated heterocycles. The monoisotopic (exact) mass is 221 g/mol. The van der Waals surface area contributed by atoms with Crippen molar-refractivity contribution in [2.24, 2.45) is 0 Å². The van der Waals surface area contributed by atoms with Gasteiger partial charge in [-0.3, -0.25) is 4.68 Å². The fourth-order valence-electron chi connectivity index (χ4n) is 1.35. The summed E-state index contributed by atoms with van der Waals surface area (Å²) in [5.74, 6) is -0.167. The second kappa shape index (κ2) is 3.73. The molecule has 0 bridgehead atoms. The van der Waals surface area contributed by atoms with E-state index in [4.69, 9.17) is 15.3 Å². The summed E-state index contributed by atoms with van der Waals surface area (Å²) in [5.41, 5.74) is 6.47. The third-order valence-electron chi connectivity index (χ3n) is 2.17. The molecule has 0 aromatic carbocycles. The van der Waals surface area contributed by atoms with Crippen molar-refractivity contribution in [1.82, 2.24) is 9.78 Å². The van der Waals surface area contributed by atoms with Crippen molar-refractivity contribution in [2.45, 2.75) is 13.5 Å². The number of anilines is 1. The number of carboxylic acid groups (broad SMARTS) is 1. The van der Waals surface area contributed by atoms with Crippen molar-refractivity contribution >= 4 is 11.8 Å². The van der Waals surface area contributed by atoms with Gasteiger partial charge in [0, 0.05) is 11.8 Å². The van der Waals surface area contributed by atoms with Crippen LogP contribution in [0, 0.1) is 6.92 Å². The summed E-state index contributed by atoms with van der Waals surface area (Å²) in [6.07, 6.45) is 1.78. The number of furan rings is 1. The molecular weight excluding hydrogens is 210 g/mol. The Labute approximate surface area is 91.3 Å². The maximum absolute atomic E-state index is 10.6. The lowest BCUT2D eigenvalue weighted by molar-refractivity contribution is 0.0660. The zero-order valence-corrected chi connectivity index (χ0v) is 8.67. The van der Waals surface area contributed by atoms with E-state index in [1.54, 1.807) is 16.9 Å². The average Bonchev–Trinajstić information content (AvgIpc) is 2.76. The molecule has 2 aromatic heterocycles. The number of hydrogen-bond acceptors (Lipinski definition) is 4. The van der Waals surface area contributed by atoms with Gasteiger partial charge in [0.2, 0.25) is 5.76 Å². The lowest BCUT2D eigenvalue weighted by Crippen LogP contribution is -2.00. The highest BCUT2D eigenvalue weighted by Gasteiger charge is 2.10. The maximum atomic E-state index is 10.6. The number of rotatable bonds is 3. The Hall–Kier alpha value is -2.24. The molecule has 0 aliphatic heterocycles. The summed E-state index contributed by atoms with van der Waals surface area (Å²) in [6.45, 7) is 2.22. The fourth-order valence-corrected chi connectivity index (χ4v) is 1.35. The molecule has 6 nitrogen and oxygen atoms in total. The van der Waals surface area contributed by atoms with Crippen LogP contribution in [0.1, 0.15) is 21.9 Å². The van der Waals surface area contributed by atoms with Crippen LogP contribution in [-0.4, -0.2) is 20.9 Å². The summed E-state index contributed by atoms with van der Waals surface area (Å²) in [4.78, 5) is 10.6. The standard InChI is InChI=1S/C10H11N3O3/c1-6-4-13(12-9(6)11)5-7-2-3-8(16-7)10(14)15/h2-4H,5H2,1H3,(H2,11,12)(H,14,15). The number of nitrogens with two attached hydrogens (primary N) is 1. The average molecular weight is 221 g/mol. The molecule has 2 rings (SSSR count). The van der Waals surface area contributed by atoms with Gasteiger partial charge in [0.1, 0.15) is 11.6 Å². The Balaban J connectivity index is 2.17. The van der Waals surface area contributed by atoms with Gasteiger partial charge in [-0.25, -0.2) is 4.79 Å². The molecule has 6 heteroatoms. The molecule has 0 amide bonds. The summed E-state index contributed by atoms with van der Waals surface area (Å²) >= 11 is 0. The minimum Gasteiger partial charge on any atom is -0.475 e. The van der Waals surface area contributed by atoms with Gasteiger partial charge >= 0.3 is 5.97 Å². The van der Waals surface area contributed by atoms with E-state index in [0.717, 1.165) is 5.56 Å². The summed E-state index contributed by atoms with van der Waals surface area (Å²) < 4.78 is 6.70. The molecule has 2 aromatic rings. The number of nitrogen functional groups attached to an aromatic ring is 1. The van der Waals surface area contributed by atoms with Crippen LogP contribution in [0.4, 0.5) is 5.82 Å². The molecule has 3 N–H and O–H groups in total. The van der Waals surface area contributed by atoms with Crippen molar-refractivity contribution in [1.29, 1.82) is 0 Å². The SMILES string of the molecule is Cc1cn(Cc2ccc(C(=O)O)o2)nc1N. The van der Waals surface area contributed by atoms with Crippen LogP contribution in [0.25, 0.3) is 0 Å². The Kier molecular flexibility index (Phi) is 2.40. The molecule has 0 atom stereocenters. The third kappa shape index (κ3) is 1.90. The minimum absolute atomic E-state index is 0.0770. The quantitative estimate of drug-likeness (QED) is 0.809. The van der Waals surface area contributed by atoms with E-state index in [-0.39, 0.29) is 5.76 Å². The van der Waals surface area contributed by atoms with Crippen LogP contribution in [0.3, 0.4) is 0 Å². The number of carboxylic acids is 1. The number of hydrogen-bond donors (Lipinski definition) is 2. The van der Waals surface area contributed by atoms with Gasteiger partial charge in [-0.1, -0.05) is 0 Å². The molecule has 0 aliphatic rings. The number of nitrogens with zero attached hydrogens (tertiary/aromatic N) is 2. The van der Waals surface area contributed by atoms with E-state index in [2.05, 4.69) is 5.10 Å². The minimum atomic E-state index is -1.08. The van der Waals surface area contributed by atoms with Crippen molar-refractivity contribution in [3.63, 3.8) is 0 Å². The Morgan fingerprint density at radius 1 is 1.62 bits per heavy atom. The first kappa shape index (κ1) is 10.3. The highest BCUT2D eigenvalue weighted by Crippen LogP contribution is 2.12. The topological polar surface area (TPSA) is 94.3 Å². The van der Waals surface area contributed by atoms with E-state index in [9.17, 15) is 4.79 Å². The second-order valence-corrected chi connectivity index (χ2v) is 3.47. The molecule has 0 radical (unpaired) electrons. The summed E-state index contributed by atoms with van der Waals surface area (Å²) in [5, 5.41) is 12.7. The number of carbonyl (C=O) groups is 1. The van der Waals surface area contributed by atoms with Crippen molar-refractivity contribution in [2.75, 3.05) is 5.73 Å². The summed E-state index contributed by atoms with van der Waals surface area (Å²) in [6, 6.07) is 3.02. The van der Waals surface area contributed by atoms with Crippen LogP contribution in [0.15, 0.2) is 22.7 Å². The van der Waals surface area contributed by atoms with Crippen LogP contribution in [-0.2, 0) is 6.54 Å². The first-order chi connectivity index (χ1) is 7.56. The van der Waals surface area contributed by atoms with Crippen LogP contribution in [0.5, 0.6) is 0 Å². The zero-order valence-electron chi connectivity index (χ0n) is 8.67. The largest absolute Gasteiger partial charge is 0.475 e. The third-order valence-corrected chi connectivity index (χ3v) is 2.17. The second-order valence-electron chi connectivity index (χ2n) is 3.47. The Morgan fingerprint density at radius 3 is 2.88 bits per heavy atom. The van der Waals surface area contributed by atoms with Crippen molar-refractivity contribution in [3.05, 3.63) is 35.4 Å². The zero-order chi connectivity index (χ0) is 11.7. The number of aryl methyl sites for hydroxylation is 1. The van der Waals surface area contributed by atoms with E-state index < -0.39 is 5.97 Å². The molecule has 84 valence electrons.